The van der Waals surface area contributed by atoms with Gasteiger partial charge in [0.2, 0.25) is 0 Å². The molecule has 0 atom stereocenters. The van der Waals surface area contributed by atoms with Crippen LogP contribution in [0.5, 0.6) is 0 Å². The first-order chi connectivity index (χ1) is 8.81. The van der Waals surface area contributed by atoms with E-state index in [4.69, 9.17) is 0 Å². The SMILES string of the molecule is FOC(F)(F)C(C(F)(F)F)(C(F)(F)F)C(F)(F)C(F)(F)F. The van der Waals surface area contributed by atoms with E-state index in [2.05, 4.69) is 0 Å². The van der Waals surface area contributed by atoms with Crippen molar-refractivity contribution in [3.8, 4) is 0 Å². The largest absolute Gasteiger partial charge is 0.455 e. The van der Waals surface area contributed by atoms with Gasteiger partial charge in [-0.05, 0) is 4.53 Å². The fourth-order valence-corrected chi connectivity index (χ4v) is 1.30. The molecule has 15 heteroatoms. The van der Waals surface area contributed by atoms with Gasteiger partial charge in [0.05, 0.1) is 0 Å². The van der Waals surface area contributed by atoms with E-state index < -0.39 is 36.0 Å². The molecule has 21 heavy (non-hydrogen) atoms. The van der Waals surface area contributed by atoms with Crippen molar-refractivity contribution < 1.29 is 66.5 Å². The minimum Gasteiger partial charge on any atom is -0.195 e. The normalized spacial score (nSPS) is 16.3. The van der Waals surface area contributed by atoms with E-state index in [0.717, 1.165) is 4.94 Å². The topological polar surface area (TPSA) is 9.23 Å². The van der Waals surface area contributed by atoms with Crippen molar-refractivity contribution in [1.82, 2.24) is 0 Å². The third-order valence-corrected chi connectivity index (χ3v) is 2.21. The Morgan fingerprint density at radius 3 is 0.905 bits per heavy atom. The minimum absolute atomic E-state index is 0.884. The summed E-state index contributed by atoms with van der Waals surface area (Å²) in [5.74, 6) is -8.16. The molecule has 0 aromatic rings. The van der Waals surface area contributed by atoms with Crippen LogP contribution < -0.4 is 0 Å². The molecule has 1 nitrogen and oxygen atoms in total. The molecular weight excluding hydrogens is 354 g/mol. The molecule has 0 aromatic heterocycles. The van der Waals surface area contributed by atoms with Gasteiger partial charge < -0.3 is 0 Å². The van der Waals surface area contributed by atoms with Crippen molar-refractivity contribution in [2.45, 2.75) is 30.6 Å². The van der Waals surface area contributed by atoms with Crippen LogP contribution in [-0.4, -0.2) is 30.6 Å². The van der Waals surface area contributed by atoms with E-state index in [1.165, 1.54) is 0 Å². The maximum atomic E-state index is 12.6. The molecule has 0 bridgehead atoms. The van der Waals surface area contributed by atoms with Gasteiger partial charge in [0.25, 0.3) is 0 Å². The van der Waals surface area contributed by atoms with Crippen LogP contribution in [-0.2, 0) is 4.94 Å². The fraction of sp³-hybridized carbons (Fsp3) is 1.00. The van der Waals surface area contributed by atoms with Crippen LogP contribution >= 0.6 is 0 Å². The maximum Gasteiger partial charge on any atom is 0.455 e. The van der Waals surface area contributed by atoms with Crippen molar-refractivity contribution in [3.63, 3.8) is 0 Å². The highest BCUT2D eigenvalue weighted by atomic mass is 19.4. The molecule has 0 amide bonds. The van der Waals surface area contributed by atoms with Crippen LogP contribution in [0.25, 0.3) is 0 Å². The van der Waals surface area contributed by atoms with Gasteiger partial charge >= 0.3 is 36.0 Å². The van der Waals surface area contributed by atoms with Gasteiger partial charge in [-0.25, -0.2) is 0 Å². The second-order valence-corrected chi connectivity index (χ2v) is 3.41. The smallest absolute Gasteiger partial charge is 0.195 e. The molecule has 0 saturated carbocycles. The first-order valence-corrected chi connectivity index (χ1v) is 4.07. The summed E-state index contributed by atoms with van der Waals surface area (Å²) in [6, 6.07) is 0. The van der Waals surface area contributed by atoms with E-state index in [1.807, 2.05) is 0 Å². The summed E-state index contributed by atoms with van der Waals surface area (Å²) in [6.07, 6.45) is -31.3. The molecule has 0 radical (unpaired) electrons. The average molecular weight is 354 g/mol. The lowest BCUT2D eigenvalue weighted by Gasteiger charge is -2.44. The van der Waals surface area contributed by atoms with Crippen molar-refractivity contribution in [1.29, 1.82) is 0 Å². The highest BCUT2D eigenvalue weighted by molar-refractivity contribution is 5.11. The van der Waals surface area contributed by atoms with E-state index >= 15 is 0 Å². The Morgan fingerprint density at radius 2 is 0.762 bits per heavy atom. The summed E-state index contributed by atoms with van der Waals surface area (Å²) in [4.78, 5) is 0.884. The van der Waals surface area contributed by atoms with Crippen LogP contribution in [0.1, 0.15) is 0 Å². The lowest BCUT2D eigenvalue weighted by Crippen LogP contribution is -2.73. The van der Waals surface area contributed by atoms with Crippen molar-refractivity contribution in [3.05, 3.63) is 0 Å². The summed E-state index contributed by atoms with van der Waals surface area (Å²) in [5.41, 5.74) is -8.19. The van der Waals surface area contributed by atoms with Gasteiger partial charge in [-0.2, -0.15) is 57.1 Å². The average Bonchev–Trinajstić information content (AvgIpc) is 2.10. The molecule has 0 saturated heterocycles. The van der Waals surface area contributed by atoms with Gasteiger partial charge in [-0.15, -0.1) is 4.94 Å². The molecular formula is C6F14O. The van der Waals surface area contributed by atoms with E-state index in [0.29, 0.717) is 0 Å². The molecule has 0 aliphatic rings. The Labute approximate surface area is 104 Å². The highest BCUT2D eigenvalue weighted by Crippen LogP contribution is 2.69. The van der Waals surface area contributed by atoms with Crippen molar-refractivity contribution >= 4 is 0 Å². The van der Waals surface area contributed by atoms with E-state index in [1.54, 1.807) is 0 Å². The molecule has 0 spiro atoms. The number of alkyl halides is 13. The summed E-state index contributed by atoms with van der Waals surface area (Å²) in [6.45, 7) is 0. The van der Waals surface area contributed by atoms with Gasteiger partial charge in [0, 0.05) is 0 Å². The monoisotopic (exact) mass is 354 g/mol. The molecule has 0 heterocycles. The zero-order valence-electron chi connectivity index (χ0n) is 8.70. The third-order valence-electron chi connectivity index (χ3n) is 2.21. The Bertz CT molecular complexity index is 356. The van der Waals surface area contributed by atoms with Gasteiger partial charge in [-0.1, -0.05) is 0 Å². The summed E-state index contributed by atoms with van der Waals surface area (Å²) < 4.78 is 170. The lowest BCUT2D eigenvalue weighted by atomic mass is 9.77. The zero-order chi connectivity index (χ0) is 17.7. The van der Waals surface area contributed by atoms with Crippen LogP contribution in [0, 0.1) is 5.41 Å². The van der Waals surface area contributed by atoms with E-state index in [-0.39, 0.29) is 0 Å². The molecule has 0 aliphatic carbocycles. The fourth-order valence-electron chi connectivity index (χ4n) is 1.30. The molecule has 0 N–H and O–H groups in total. The predicted octanol–water partition coefficient (Wildman–Crippen LogP) is 4.79. The molecule has 0 rings (SSSR count). The van der Waals surface area contributed by atoms with Crippen molar-refractivity contribution in [2.75, 3.05) is 0 Å². The Kier molecular flexibility index (Phi) is 4.51. The zero-order valence-corrected chi connectivity index (χ0v) is 8.70. The van der Waals surface area contributed by atoms with Gasteiger partial charge in [-0.3, -0.25) is 0 Å². The number of hydrogen-bond donors (Lipinski definition) is 0. The van der Waals surface area contributed by atoms with Crippen molar-refractivity contribution in [2.24, 2.45) is 5.41 Å². The molecule has 128 valence electrons. The minimum atomic E-state index is -8.19. The standard InChI is InChI=1S/C6F14O/c7-2(8,5(15,16)17)1(3(9,10)11,4(12,13)14)6(18,19)21-20. The summed E-state index contributed by atoms with van der Waals surface area (Å²) in [5, 5.41) is 0. The maximum absolute atomic E-state index is 12.6. The number of hydrogen-bond acceptors (Lipinski definition) is 1. The molecule has 0 unspecified atom stereocenters. The summed E-state index contributed by atoms with van der Waals surface area (Å²) in [7, 11) is 0. The summed E-state index contributed by atoms with van der Waals surface area (Å²) >= 11 is 0. The van der Waals surface area contributed by atoms with Crippen LogP contribution in [0.2, 0.25) is 0 Å². The predicted molar refractivity (Wildman–Crippen MR) is 32.7 cm³/mol. The lowest BCUT2D eigenvalue weighted by molar-refractivity contribution is -0.547. The molecule has 0 fully saturated rings. The quantitative estimate of drug-likeness (QED) is 0.663. The number of rotatable bonds is 3. The van der Waals surface area contributed by atoms with Crippen LogP contribution in [0.3, 0.4) is 0 Å². The second kappa shape index (κ2) is 4.74. The Morgan fingerprint density at radius 1 is 0.476 bits per heavy atom. The molecule has 0 aliphatic heterocycles. The van der Waals surface area contributed by atoms with Crippen LogP contribution in [0.4, 0.5) is 61.6 Å². The second-order valence-electron chi connectivity index (χ2n) is 3.41. The van der Waals surface area contributed by atoms with Gasteiger partial charge in [0.1, 0.15) is 0 Å². The first-order valence-electron chi connectivity index (χ1n) is 4.07. The first kappa shape index (κ1) is 20.0. The highest BCUT2D eigenvalue weighted by Gasteiger charge is 2.98. The third kappa shape index (κ3) is 2.48. The van der Waals surface area contributed by atoms with Crippen LogP contribution in [0.15, 0.2) is 0 Å². The van der Waals surface area contributed by atoms with E-state index in [9.17, 15) is 61.6 Å². The Balaban J connectivity index is 6.95. The van der Waals surface area contributed by atoms with Gasteiger partial charge in [0.15, 0.2) is 0 Å². The Hall–Kier alpha value is -1.02. The number of halogens is 14. The molecule has 0 aromatic carbocycles.